The number of nitrogens with zero attached hydrogens (tertiary/aromatic N) is 2. The lowest BCUT2D eigenvalue weighted by atomic mass is 10.1. The third-order valence-corrected chi connectivity index (χ3v) is 5.53. The van der Waals surface area contributed by atoms with Crippen LogP contribution in [0.2, 0.25) is 0 Å². The second-order valence-corrected chi connectivity index (χ2v) is 7.54. The third-order valence-electron chi connectivity index (χ3n) is 3.90. The van der Waals surface area contributed by atoms with Crippen molar-refractivity contribution < 1.29 is 13.2 Å². The topological polar surface area (TPSA) is 97.0 Å². The normalized spacial score (nSPS) is 21.7. The van der Waals surface area contributed by atoms with Gasteiger partial charge < -0.3 is 4.74 Å². The molecule has 0 saturated carbocycles. The lowest BCUT2D eigenvalue weighted by Crippen LogP contribution is -2.37. The molecular weight excluding hydrogens is 316 g/mol. The van der Waals surface area contributed by atoms with Crippen LogP contribution in [0.4, 0.5) is 0 Å². The zero-order chi connectivity index (χ0) is 16.6. The Morgan fingerprint density at radius 1 is 1.30 bits per heavy atom. The summed E-state index contributed by atoms with van der Waals surface area (Å²) in [4.78, 5) is 4.55. The molecule has 0 aliphatic carbocycles. The maximum atomic E-state index is 12.7. The Hall–Kier alpha value is -1.77. The molecule has 1 fully saturated rings. The van der Waals surface area contributed by atoms with Crippen LogP contribution in [0.1, 0.15) is 35.3 Å². The first-order chi connectivity index (χ1) is 10.9. The van der Waals surface area contributed by atoms with E-state index in [0.29, 0.717) is 35.1 Å². The van der Waals surface area contributed by atoms with Crippen LogP contribution in [0.3, 0.4) is 0 Å². The molecule has 2 heterocycles. The molecule has 3 rings (SSSR count). The number of ether oxygens (including phenoxy) is 1. The van der Waals surface area contributed by atoms with E-state index in [9.17, 15) is 8.42 Å². The third kappa shape index (κ3) is 3.29. The number of benzene rings is 1. The molecule has 2 N–H and O–H groups in total. The van der Waals surface area contributed by atoms with Gasteiger partial charge in [0, 0.05) is 6.61 Å². The summed E-state index contributed by atoms with van der Waals surface area (Å²) >= 11 is 0. The van der Waals surface area contributed by atoms with Crippen molar-refractivity contribution in [3.8, 4) is 0 Å². The van der Waals surface area contributed by atoms with Crippen LogP contribution in [0.5, 0.6) is 0 Å². The summed E-state index contributed by atoms with van der Waals surface area (Å²) < 4.78 is 33.8. The molecule has 2 atom stereocenters. The molecule has 1 aromatic heterocycles. The van der Waals surface area contributed by atoms with E-state index >= 15 is 0 Å². The van der Waals surface area contributed by atoms with Crippen LogP contribution in [0, 0.1) is 20.8 Å². The SMILES string of the molecule is Cc1ccc(C)c(S(=O)(=O)N[C@H]2CCO[C@H]2c2n[nH]c(C)n2)c1. The monoisotopic (exact) mass is 336 g/mol. The summed E-state index contributed by atoms with van der Waals surface area (Å²) in [6.07, 6.45) is 0.113. The second-order valence-electron chi connectivity index (χ2n) is 5.86. The zero-order valence-electron chi connectivity index (χ0n) is 13.3. The molecule has 0 radical (unpaired) electrons. The zero-order valence-corrected chi connectivity index (χ0v) is 14.1. The highest BCUT2D eigenvalue weighted by Gasteiger charge is 2.36. The minimum absolute atomic E-state index is 0.300. The first-order valence-corrected chi connectivity index (χ1v) is 8.95. The largest absolute Gasteiger partial charge is 0.368 e. The van der Waals surface area contributed by atoms with Gasteiger partial charge >= 0.3 is 0 Å². The van der Waals surface area contributed by atoms with Gasteiger partial charge in [0.1, 0.15) is 11.9 Å². The van der Waals surface area contributed by atoms with Gasteiger partial charge in [0.25, 0.3) is 0 Å². The summed E-state index contributed by atoms with van der Waals surface area (Å²) in [5, 5.41) is 6.85. The van der Waals surface area contributed by atoms with Gasteiger partial charge in [-0.3, -0.25) is 5.10 Å². The van der Waals surface area contributed by atoms with Gasteiger partial charge in [-0.15, -0.1) is 0 Å². The standard InChI is InChI=1S/C15H20N4O3S/c1-9-4-5-10(2)13(8-9)23(20,21)19-12-6-7-22-14(12)15-16-11(3)17-18-15/h4-5,8,12,14,19H,6-7H2,1-3H3,(H,16,17,18)/t12-,14+/m0/s1. The molecule has 0 unspecified atom stereocenters. The Bertz CT molecular complexity index is 816. The molecule has 23 heavy (non-hydrogen) atoms. The average molecular weight is 336 g/mol. The number of hydrogen-bond donors (Lipinski definition) is 2. The molecule has 8 heteroatoms. The summed E-state index contributed by atoms with van der Waals surface area (Å²) in [5.74, 6) is 1.15. The number of sulfonamides is 1. The van der Waals surface area contributed by atoms with Crippen molar-refractivity contribution in [2.24, 2.45) is 0 Å². The van der Waals surface area contributed by atoms with E-state index in [-0.39, 0.29) is 6.04 Å². The minimum Gasteiger partial charge on any atom is -0.368 e. The summed E-state index contributed by atoms with van der Waals surface area (Å²) in [5.41, 5.74) is 1.62. The van der Waals surface area contributed by atoms with Crippen LogP contribution in [-0.2, 0) is 14.8 Å². The van der Waals surface area contributed by atoms with Crippen molar-refractivity contribution in [1.29, 1.82) is 0 Å². The van der Waals surface area contributed by atoms with Gasteiger partial charge in [-0.05, 0) is 44.4 Å². The van der Waals surface area contributed by atoms with Gasteiger partial charge in [-0.25, -0.2) is 18.1 Å². The molecule has 1 aliphatic rings. The molecule has 7 nitrogen and oxygen atoms in total. The van der Waals surface area contributed by atoms with Crippen molar-refractivity contribution in [2.75, 3.05) is 6.61 Å². The summed E-state index contributed by atoms with van der Waals surface area (Å²) in [7, 11) is -3.63. The van der Waals surface area contributed by atoms with Crippen LogP contribution in [0.25, 0.3) is 0 Å². The first kappa shape index (κ1) is 16.1. The number of hydrogen-bond acceptors (Lipinski definition) is 5. The van der Waals surface area contributed by atoms with E-state index in [1.165, 1.54) is 0 Å². The van der Waals surface area contributed by atoms with Crippen molar-refractivity contribution in [3.05, 3.63) is 41.0 Å². The van der Waals surface area contributed by atoms with Gasteiger partial charge in [-0.1, -0.05) is 12.1 Å². The molecule has 2 aromatic rings. The van der Waals surface area contributed by atoms with E-state index in [0.717, 1.165) is 5.56 Å². The molecule has 124 valence electrons. The second kappa shape index (κ2) is 6.03. The Labute approximate surface area is 135 Å². The fourth-order valence-corrected chi connectivity index (χ4v) is 4.31. The minimum atomic E-state index is -3.63. The number of aromatic amines is 1. The van der Waals surface area contributed by atoms with Crippen LogP contribution < -0.4 is 4.72 Å². The lowest BCUT2D eigenvalue weighted by molar-refractivity contribution is 0.0957. The van der Waals surface area contributed by atoms with Crippen molar-refractivity contribution in [2.45, 2.75) is 44.2 Å². The molecule has 0 amide bonds. The highest BCUT2D eigenvalue weighted by atomic mass is 32.2. The number of aryl methyl sites for hydroxylation is 3. The first-order valence-electron chi connectivity index (χ1n) is 7.47. The number of aromatic nitrogens is 3. The maximum absolute atomic E-state index is 12.7. The molecule has 1 aromatic carbocycles. The Morgan fingerprint density at radius 2 is 2.09 bits per heavy atom. The number of rotatable bonds is 4. The average Bonchev–Trinajstić information content (AvgIpc) is 3.09. The quantitative estimate of drug-likeness (QED) is 0.883. The van der Waals surface area contributed by atoms with Gasteiger partial charge in [-0.2, -0.15) is 5.10 Å². The maximum Gasteiger partial charge on any atom is 0.241 e. The van der Waals surface area contributed by atoms with E-state index in [1.807, 2.05) is 19.1 Å². The predicted molar refractivity (Wildman–Crippen MR) is 84.5 cm³/mol. The van der Waals surface area contributed by atoms with Gasteiger partial charge in [0.15, 0.2) is 5.82 Å². The predicted octanol–water partition coefficient (Wildman–Crippen LogP) is 1.54. The smallest absolute Gasteiger partial charge is 0.241 e. The molecular formula is C15H20N4O3S. The van der Waals surface area contributed by atoms with Crippen molar-refractivity contribution in [1.82, 2.24) is 19.9 Å². The molecule has 1 saturated heterocycles. The highest BCUT2D eigenvalue weighted by molar-refractivity contribution is 7.89. The Morgan fingerprint density at radius 3 is 2.78 bits per heavy atom. The highest BCUT2D eigenvalue weighted by Crippen LogP contribution is 2.28. The van der Waals surface area contributed by atoms with E-state index in [2.05, 4.69) is 19.9 Å². The molecule has 0 bridgehead atoms. The number of nitrogens with one attached hydrogen (secondary N) is 2. The summed E-state index contributed by atoms with van der Waals surface area (Å²) in [6, 6.07) is 5.01. The van der Waals surface area contributed by atoms with Crippen LogP contribution in [-0.4, -0.2) is 36.2 Å². The molecule has 1 aliphatic heterocycles. The van der Waals surface area contributed by atoms with Crippen LogP contribution in [0.15, 0.2) is 23.1 Å². The fraction of sp³-hybridized carbons (Fsp3) is 0.467. The Balaban J connectivity index is 1.86. The van der Waals surface area contributed by atoms with E-state index < -0.39 is 16.1 Å². The van der Waals surface area contributed by atoms with E-state index in [1.54, 1.807) is 19.9 Å². The van der Waals surface area contributed by atoms with Crippen molar-refractivity contribution >= 4 is 10.0 Å². The summed E-state index contributed by atoms with van der Waals surface area (Å²) in [6.45, 7) is 5.92. The van der Waals surface area contributed by atoms with E-state index in [4.69, 9.17) is 4.74 Å². The van der Waals surface area contributed by atoms with Gasteiger partial charge in [0.2, 0.25) is 10.0 Å². The van der Waals surface area contributed by atoms with Gasteiger partial charge in [0.05, 0.1) is 10.9 Å². The van der Waals surface area contributed by atoms with Crippen molar-refractivity contribution in [3.63, 3.8) is 0 Å². The fourth-order valence-electron chi connectivity index (χ4n) is 2.71. The van der Waals surface area contributed by atoms with Crippen LogP contribution >= 0.6 is 0 Å². The Kier molecular flexibility index (Phi) is 4.22. The number of H-pyrrole nitrogens is 1. The lowest BCUT2D eigenvalue weighted by Gasteiger charge is -2.18. The molecule has 0 spiro atoms.